The van der Waals surface area contributed by atoms with Gasteiger partial charge in [-0.3, -0.25) is 14.5 Å². The first-order valence-corrected chi connectivity index (χ1v) is 13.3. The molecule has 4 aliphatic rings. The van der Waals surface area contributed by atoms with Crippen LogP contribution >= 0.6 is 0 Å². The minimum Gasteiger partial charge on any atom is -0.468 e. The van der Waals surface area contributed by atoms with Crippen molar-refractivity contribution in [1.29, 1.82) is 0 Å². The molecule has 3 saturated heterocycles. The highest BCUT2D eigenvalue weighted by molar-refractivity contribution is 5.22. The van der Waals surface area contributed by atoms with Crippen LogP contribution in [0.4, 0.5) is 0 Å². The van der Waals surface area contributed by atoms with E-state index in [1.807, 2.05) is 12.1 Å². The van der Waals surface area contributed by atoms with Gasteiger partial charge in [0.25, 0.3) is 0 Å². The lowest BCUT2D eigenvalue weighted by Crippen LogP contribution is -2.56. The zero-order valence-electron chi connectivity index (χ0n) is 20.4. The van der Waals surface area contributed by atoms with Crippen LogP contribution in [-0.2, 0) is 20.1 Å². The third-order valence-corrected chi connectivity index (χ3v) is 8.60. The van der Waals surface area contributed by atoms with Crippen LogP contribution in [0.2, 0.25) is 0 Å². The van der Waals surface area contributed by atoms with Gasteiger partial charge in [0.1, 0.15) is 11.5 Å². The highest BCUT2D eigenvalue weighted by Crippen LogP contribution is 2.43. The zero-order valence-corrected chi connectivity index (χ0v) is 20.4. The summed E-state index contributed by atoms with van der Waals surface area (Å²) in [4.78, 5) is 5.23. The van der Waals surface area contributed by atoms with Crippen molar-refractivity contribution in [3.05, 3.63) is 65.8 Å². The summed E-state index contributed by atoms with van der Waals surface area (Å²) in [7, 11) is 2.17. The molecule has 182 valence electrons. The van der Waals surface area contributed by atoms with Gasteiger partial charge in [-0.05, 0) is 68.5 Å². The fraction of sp³-hybridized carbons (Fsp3) is 0.607. The number of aryl methyl sites for hydroxylation is 1. The molecule has 6 heterocycles. The van der Waals surface area contributed by atoms with E-state index in [-0.39, 0.29) is 0 Å². The van der Waals surface area contributed by atoms with Gasteiger partial charge in [0.05, 0.1) is 31.3 Å². The average molecular weight is 463 g/mol. The van der Waals surface area contributed by atoms with Gasteiger partial charge in [-0.25, -0.2) is 0 Å². The number of furan rings is 2. The van der Waals surface area contributed by atoms with Crippen LogP contribution < -0.4 is 0 Å². The molecule has 6 heteroatoms. The Morgan fingerprint density at radius 3 is 2.35 bits per heavy atom. The Bertz CT molecular complexity index is 999. The molecule has 2 bridgehead atoms. The van der Waals surface area contributed by atoms with Crippen molar-refractivity contribution in [3.8, 4) is 0 Å². The summed E-state index contributed by atoms with van der Waals surface area (Å²) in [5, 5.41) is 5.01. The Labute approximate surface area is 202 Å². The quantitative estimate of drug-likeness (QED) is 0.440. The molecule has 1 saturated carbocycles. The largest absolute Gasteiger partial charge is 0.468 e. The second-order valence-electron chi connectivity index (χ2n) is 10.8. The second-order valence-corrected chi connectivity index (χ2v) is 10.8. The molecule has 0 aromatic carbocycles. The van der Waals surface area contributed by atoms with E-state index in [2.05, 4.69) is 39.7 Å². The number of hydrogen-bond acceptors (Lipinski definition) is 5. The Morgan fingerprint density at radius 1 is 1.00 bits per heavy atom. The summed E-state index contributed by atoms with van der Waals surface area (Å²) in [6, 6.07) is 11.2. The van der Waals surface area contributed by atoms with E-state index in [9.17, 15) is 0 Å². The van der Waals surface area contributed by atoms with E-state index in [0.29, 0.717) is 17.9 Å². The summed E-state index contributed by atoms with van der Waals surface area (Å²) in [5.41, 5.74) is 2.82. The van der Waals surface area contributed by atoms with Gasteiger partial charge >= 0.3 is 0 Å². The standard InChI is InChI=1S/C28H38N4O2/c1-30-28(16-27(29-30)21-7-3-2-4-8-21)26-20-32-12-11-22(26)15-23(32)17-31(18-24-9-5-13-33-24)19-25-10-6-14-34-25/h5-6,9-10,13-14,16,21-23,26H,2-4,7-8,11-12,15,17-20H2,1H3/t22-,23+,26+/m0/s1. The number of rotatable bonds is 8. The SMILES string of the molecule is Cn1nc(C2CCCCC2)cc1[C@@H]1CN2CC[C@H]1C[C@@H]2CN(Cc1ccco1)Cc1ccco1. The molecule has 0 amide bonds. The van der Waals surface area contributed by atoms with Crippen molar-refractivity contribution < 1.29 is 8.83 Å². The van der Waals surface area contributed by atoms with Crippen molar-refractivity contribution >= 4 is 0 Å². The fourth-order valence-corrected chi connectivity index (χ4v) is 6.84. The summed E-state index contributed by atoms with van der Waals surface area (Å²) >= 11 is 0. The first kappa shape index (κ1) is 22.2. The lowest BCUT2D eigenvalue weighted by molar-refractivity contribution is 0.00571. The van der Waals surface area contributed by atoms with Crippen molar-refractivity contribution in [2.45, 2.75) is 75.9 Å². The molecule has 1 aliphatic carbocycles. The Morgan fingerprint density at radius 2 is 1.74 bits per heavy atom. The maximum atomic E-state index is 5.68. The predicted octanol–water partition coefficient (Wildman–Crippen LogP) is 5.53. The smallest absolute Gasteiger partial charge is 0.117 e. The summed E-state index contributed by atoms with van der Waals surface area (Å²) in [6.45, 7) is 5.06. The van der Waals surface area contributed by atoms with Crippen LogP contribution in [-0.4, -0.2) is 45.3 Å². The maximum absolute atomic E-state index is 5.68. The van der Waals surface area contributed by atoms with Gasteiger partial charge in [0.2, 0.25) is 0 Å². The third kappa shape index (κ3) is 4.63. The molecule has 0 spiro atoms. The Balaban J connectivity index is 1.14. The van der Waals surface area contributed by atoms with Gasteiger partial charge in [0, 0.05) is 43.7 Å². The van der Waals surface area contributed by atoms with Crippen molar-refractivity contribution in [3.63, 3.8) is 0 Å². The van der Waals surface area contributed by atoms with Crippen molar-refractivity contribution in [1.82, 2.24) is 19.6 Å². The first-order chi connectivity index (χ1) is 16.7. The summed E-state index contributed by atoms with van der Waals surface area (Å²) < 4.78 is 13.6. The van der Waals surface area contributed by atoms with Crippen molar-refractivity contribution in [2.24, 2.45) is 13.0 Å². The van der Waals surface area contributed by atoms with E-state index in [1.165, 1.54) is 62.9 Å². The van der Waals surface area contributed by atoms with Gasteiger partial charge in [0.15, 0.2) is 0 Å². The van der Waals surface area contributed by atoms with Gasteiger partial charge < -0.3 is 8.83 Å². The lowest BCUT2D eigenvalue weighted by Gasteiger charge is -2.50. The molecular weight excluding hydrogens is 424 g/mol. The highest BCUT2D eigenvalue weighted by Gasteiger charge is 2.42. The average Bonchev–Trinajstić information content (AvgIpc) is 3.63. The van der Waals surface area contributed by atoms with Crippen LogP contribution in [0.25, 0.3) is 0 Å². The molecule has 0 N–H and O–H groups in total. The van der Waals surface area contributed by atoms with Crippen LogP contribution in [0.5, 0.6) is 0 Å². The molecular formula is C28H38N4O2. The molecule has 7 rings (SSSR count). The number of hydrogen-bond donors (Lipinski definition) is 0. The molecule has 3 aromatic rings. The molecule has 4 atom stereocenters. The third-order valence-electron chi connectivity index (χ3n) is 8.60. The van der Waals surface area contributed by atoms with Gasteiger partial charge in [-0.15, -0.1) is 0 Å². The summed E-state index contributed by atoms with van der Waals surface area (Å²) in [6.07, 6.45) is 12.9. The van der Waals surface area contributed by atoms with Crippen LogP contribution in [0, 0.1) is 5.92 Å². The fourth-order valence-electron chi connectivity index (χ4n) is 6.84. The van der Waals surface area contributed by atoms with E-state index >= 15 is 0 Å². The molecule has 3 aromatic heterocycles. The predicted molar refractivity (Wildman–Crippen MR) is 131 cm³/mol. The van der Waals surface area contributed by atoms with E-state index < -0.39 is 0 Å². The Kier molecular flexibility index (Phi) is 6.35. The van der Waals surface area contributed by atoms with Gasteiger partial charge in [-0.2, -0.15) is 5.10 Å². The van der Waals surface area contributed by atoms with E-state index in [1.54, 1.807) is 12.5 Å². The minimum absolute atomic E-state index is 0.589. The molecule has 4 fully saturated rings. The topological polar surface area (TPSA) is 50.6 Å². The maximum Gasteiger partial charge on any atom is 0.117 e. The van der Waals surface area contributed by atoms with E-state index in [4.69, 9.17) is 13.9 Å². The lowest BCUT2D eigenvalue weighted by atomic mass is 9.73. The Hall–Kier alpha value is -2.31. The summed E-state index contributed by atoms with van der Waals surface area (Å²) in [5.74, 6) is 4.08. The molecule has 34 heavy (non-hydrogen) atoms. The molecule has 3 aliphatic heterocycles. The first-order valence-electron chi connectivity index (χ1n) is 13.3. The van der Waals surface area contributed by atoms with Crippen molar-refractivity contribution in [2.75, 3.05) is 19.6 Å². The second kappa shape index (κ2) is 9.74. The van der Waals surface area contributed by atoms with Crippen LogP contribution in [0.1, 0.15) is 79.7 Å². The zero-order chi connectivity index (χ0) is 22.9. The normalized spacial score (nSPS) is 27.6. The molecule has 6 nitrogen and oxygen atoms in total. The number of piperidine rings is 3. The minimum atomic E-state index is 0.589. The molecule has 1 unspecified atom stereocenters. The molecule has 0 radical (unpaired) electrons. The number of fused-ring (bicyclic) bond motifs is 3. The van der Waals surface area contributed by atoms with Crippen LogP contribution in [0.15, 0.2) is 51.7 Å². The van der Waals surface area contributed by atoms with E-state index in [0.717, 1.165) is 43.6 Å². The number of aromatic nitrogens is 2. The number of nitrogens with zero attached hydrogens (tertiary/aromatic N) is 4. The monoisotopic (exact) mass is 462 g/mol. The van der Waals surface area contributed by atoms with Crippen LogP contribution in [0.3, 0.4) is 0 Å². The highest BCUT2D eigenvalue weighted by atomic mass is 16.3. The van der Waals surface area contributed by atoms with Gasteiger partial charge in [-0.1, -0.05) is 19.3 Å².